The number of carboxylic acid groups (broad SMARTS) is 1. The second kappa shape index (κ2) is 8.62. The summed E-state index contributed by atoms with van der Waals surface area (Å²) in [5.74, 6) is -2.79. The van der Waals surface area contributed by atoms with Crippen LogP contribution in [0, 0.1) is 5.82 Å². The molecule has 30 heavy (non-hydrogen) atoms. The largest absolute Gasteiger partial charge is 0.481 e. The number of rotatable bonds is 6. The molecule has 2 N–H and O–H groups in total. The standard InChI is InChI=1S/C20H14F4N2O3S/c21-14-8-4-2-6-12(14)19-26-16(10-30-19)18(29)25-15(9-17(27)28)11-5-1-3-7-13(11)20(22,23)24/h1-8,10,15H,9H2,(H,25,29)(H,27,28)/t15-/m0/s1. The van der Waals surface area contributed by atoms with Gasteiger partial charge in [0.2, 0.25) is 0 Å². The van der Waals surface area contributed by atoms with Gasteiger partial charge in [-0.1, -0.05) is 30.3 Å². The number of thiazole rings is 1. The lowest BCUT2D eigenvalue weighted by Gasteiger charge is -2.21. The summed E-state index contributed by atoms with van der Waals surface area (Å²) in [6.07, 6.45) is -5.49. The van der Waals surface area contributed by atoms with Crippen molar-refractivity contribution in [3.8, 4) is 10.6 Å². The topological polar surface area (TPSA) is 79.3 Å². The monoisotopic (exact) mass is 438 g/mol. The zero-order chi connectivity index (χ0) is 21.9. The first-order valence-electron chi connectivity index (χ1n) is 8.56. The quantitative estimate of drug-likeness (QED) is 0.536. The molecule has 0 saturated heterocycles. The predicted octanol–water partition coefficient (Wildman–Crippen LogP) is 4.91. The second-order valence-corrected chi connectivity index (χ2v) is 7.08. The van der Waals surface area contributed by atoms with E-state index in [0.29, 0.717) is 0 Å². The first-order valence-corrected chi connectivity index (χ1v) is 9.44. The van der Waals surface area contributed by atoms with Crippen LogP contribution in [0.25, 0.3) is 10.6 Å². The Morgan fingerprint density at radius 2 is 1.77 bits per heavy atom. The van der Waals surface area contributed by atoms with E-state index in [9.17, 15) is 27.2 Å². The SMILES string of the molecule is O=C(O)C[C@H](NC(=O)c1csc(-c2ccccc2F)n1)c1ccccc1C(F)(F)F. The van der Waals surface area contributed by atoms with Crippen molar-refractivity contribution in [1.82, 2.24) is 10.3 Å². The van der Waals surface area contributed by atoms with Gasteiger partial charge in [0.25, 0.3) is 5.91 Å². The number of amides is 1. The van der Waals surface area contributed by atoms with Crippen molar-refractivity contribution in [2.75, 3.05) is 0 Å². The van der Waals surface area contributed by atoms with Crippen molar-refractivity contribution in [2.24, 2.45) is 0 Å². The van der Waals surface area contributed by atoms with Crippen molar-refractivity contribution < 1.29 is 32.3 Å². The summed E-state index contributed by atoms with van der Waals surface area (Å²) in [6, 6.07) is 8.78. The molecule has 0 saturated carbocycles. The van der Waals surface area contributed by atoms with Gasteiger partial charge in [-0.05, 0) is 23.8 Å². The van der Waals surface area contributed by atoms with E-state index in [1.807, 2.05) is 0 Å². The van der Waals surface area contributed by atoms with E-state index in [0.717, 1.165) is 23.5 Å². The molecule has 1 atom stereocenters. The first kappa shape index (κ1) is 21.4. The lowest BCUT2D eigenvalue weighted by molar-refractivity contribution is -0.140. The molecule has 0 fully saturated rings. The van der Waals surface area contributed by atoms with Gasteiger partial charge in [-0.15, -0.1) is 11.3 Å². The van der Waals surface area contributed by atoms with E-state index in [2.05, 4.69) is 10.3 Å². The fourth-order valence-corrected chi connectivity index (χ4v) is 3.67. The van der Waals surface area contributed by atoms with Crippen molar-refractivity contribution in [2.45, 2.75) is 18.6 Å². The van der Waals surface area contributed by atoms with E-state index in [4.69, 9.17) is 5.11 Å². The average molecular weight is 438 g/mol. The van der Waals surface area contributed by atoms with E-state index in [1.54, 1.807) is 6.07 Å². The Hall–Kier alpha value is -3.27. The van der Waals surface area contributed by atoms with Crippen LogP contribution < -0.4 is 5.32 Å². The van der Waals surface area contributed by atoms with Crippen molar-refractivity contribution >= 4 is 23.2 Å². The smallest absolute Gasteiger partial charge is 0.416 e. The average Bonchev–Trinajstić information content (AvgIpc) is 3.17. The summed E-state index contributed by atoms with van der Waals surface area (Å²) >= 11 is 0.981. The van der Waals surface area contributed by atoms with E-state index in [1.165, 1.54) is 35.7 Å². The van der Waals surface area contributed by atoms with Gasteiger partial charge in [0, 0.05) is 10.9 Å². The Morgan fingerprint density at radius 3 is 2.43 bits per heavy atom. The van der Waals surface area contributed by atoms with Crippen LogP contribution >= 0.6 is 11.3 Å². The van der Waals surface area contributed by atoms with Gasteiger partial charge in [0.05, 0.1) is 18.0 Å². The Balaban J connectivity index is 1.90. The number of nitrogens with one attached hydrogen (secondary N) is 1. The maximum Gasteiger partial charge on any atom is 0.416 e. The molecule has 3 rings (SSSR count). The van der Waals surface area contributed by atoms with Crippen LogP contribution in [0.15, 0.2) is 53.9 Å². The van der Waals surface area contributed by atoms with Crippen LogP contribution in [0.4, 0.5) is 17.6 Å². The highest BCUT2D eigenvalue weighted by molar-refractivity contribution is 7.13. The molecule has 1 amide bonds. The van der Waals surface area contributed by atoms with Crippen LogP contribution in [-0.4, -0.2) is 22.0 Å². The van der Waals surface area contributed by atoms with Crippen LogP contribution in [0.2, 0.25) is 0 Å². The van der Waals surface area contributed by atoms with Gasteiger partial charge >= 0.3 is 12.1 Å². The fourth-order valence-electron chi connectivity index (χ4n) is 2.84. The molecule has 0 aliphatic carbocycles. The molecular weight excluding hydrogens is 424 g/mol. The molecule has 0 bridgehead atoms. The molecule has 10 heteroatoms. The van der Waals surface area contributed by atoms with Crippen LogP contribution in [0.3, 0.4) is 0 Å². The van der Waals surface area contributed by atoms with E-state index >= 15 is 0 Å². The molecule has 2 aromatic carbocycles. The second-order valence-electron chi connectivity index (χ2n) is 6.23. The Morgan fingerprint density at radius 1 is 1.10 bits per heavy atom. The number of carbonyl (C=O) groups is 2. The Kier molecular flexibility index (Phi) is 6.16. The summed E-state index contributed by atoms with van der Waals surface area (Å²) in [6.45, 7) is 0. The third-order valence-electron chi connectivity index (χ3n) is 4.17. The highest BCUT2D eigenvalue weighted by atomic mass is 32.1. The Bertz CT molecular complexity index is 1080. The number of nitrogens with zero attached hydrogens (tertiary/aromatic N) is 1. The summed E-state index contributed by atoms with van der Waals surface area (Å²) in [7, 11) is 0. The lowest BCUT2D eigenvalue weighted by Crippen LogP contribution is -2.32. The van der Waals surface area contributed by atoms with E-state index in [-0.39, 0.29) is 21.8 Å². The van der Waals surface area contributed by atoms with Crippen molar-refractivity contribution in [3.63, 3.8) is 0 Å². The predicted molar refractivity (Wildman–Crippen MR) is 101 cm³/mol. The van der Waals surface area contributed by atoms with E-state index < -0.39 is 41.9 Å². The van der Waals surface area contributed by atoms with Crippen LogP contribution in [-0.2, 0) is 11.0 Å². The van der Waals surface area contributed by atoms with Gasteiger partial charge < -0.3 is 10.4 Å². The number of aromatic nitrogens is 1. The molecule has 3 aromatic rings. The van der Waals surface area contributed by atoms with Crippen LogP contribution in [0.5, 0.6) is 0 Å². The Labute approximate surface area is 172 Å². The van der Waals surface area contributed by atoms with Crippen molar-refractivity contribution in [3.05, 3.63) is 76.5 Å². The van der Waals surface area contributed by atoms with Gasteiger partial charge in [-0.25, -0.2) is 9.37 Å². The van der Waals surface area contributed by atoms with Crippen molar-refractivity contribution in [1.29, 1.82) is 0 Å². The number of benzene rings is 2. The van der Waals surface area contributed by atoms with Gasteiger partial charge in [-0.3, -0.25) is 9.59 Å². The minimum absolute atomic E-state index is 0.155. The molecule has 0 aliphatic heterocycles. The molecule has 0 aliphatic rings. The first-order chi connectivity index (χ1) is 14.2. The number of carbonyl (C=O) groups excluding carboxylic acids is 1. The molecule has 0 unspecified atom stereocenters. The highest BCUT2D eigenvalue weighted by Gasteiger charge is 2.36. The number of halogens is 4. The van der Waals surface area contributed by atoms with Crippen LogP contribution in [0.1, 0.15) is 34.1 Å². The normalized spacial score (nSPS) is 12.4. The third-order valence-corrected chi connectivity index (χ3v) is 5.04. The number of alkyl halides is 3. The zero-order valence-corrected chi connectivity index (χ0v) is 15.9. The summed E-state index contributed by atoms with van der Waals surface area (Å²) in [5, 5.41) is 13.0. The summed E-state index contributed by atoms with van der Waals surface area (Å²) in [5.41, 5.74) is -1.39. The number of carboxylic acids is 1. The fraction of sp³-hybridized carbons (Fsp3) is 0.150. The maximum absolute atomic E-state index is 13.9. The molecule has 0 radical (unpaired) electrons. The summed E-state index contributed by atoms with van der Waals surface area (Å²) < 4.78 is 53.9. The molecule has 0 spiro atoms. The lowest BCUT2D eigenvalue weighted by atomic mass is 9.97. The third kappa shape index (κ3) is 4.82. The molecule has 1 aromatic heterocycles. The highest BCUT2D eigenvalue weighted by Crippen LogP contribution is 2.35. The molecular formula is C20H14F4N2O3S. The zero-order valence-electron chi connectivity index (χ0n) is 15.1. The minimum atomic E-state index is -4.73. The minimum Gasteiger partial charge on any atom is -0.481 e. The van der Waals surface area contributed by atoms with Gasteiger partial charge in [-0.2, -0.15) is 13.2 Å². The molecule has 5 nitrogen and oxygen atoms in total. The number of aliphatic carboxylic acids is 1. The number of hydrogen-bond donors (Lipinski definition) is 2. The van der Waals surface area contributed by atoms with Gasteiger partial charge in [0.1, 0.15) is 16.5 Å². The maximum atomic E-state index is 13.9. The summed E-state index contributed by atoms with van der Waals surface area (Å²) in [4.78, 5) is 27.8. The molecule has 156 valence electrons. The number of hydrogen-bond acceptors (Lipinski definition) is 4. The van der Waals surface area contributed by atoms with Gasteiger partial charge in [0.15, 0.2) is 0 Å². The molecule has 1 heterocycles.